The van der Waals surface area contributed by atoms with E-state index in [2.05, 4.69) is 4.90 Å². The first-order chi connectivity index (χ1) is 9.00. The maximum atomic E-state index is 11.2. The van der Waals surface area contributed by atoms with E-state index in [0.717, 1.165) is 24.9 Å². The van der Waals surface area contributed by atoms with E-state index < -0.39 is 5.97 Å². The lowest BCUT2D eigenvalue weighted by atomic mass is 9.90. The van der Waals surface area contributed by atoms with Gasteiger partial charge in [0.1, 0.15) is 0 Å². The van der Waals surface area contributed by atoms with E-state index in [1.807, 2.05) is 19.1 Å². The summed E-state index contributed by atoms with van der Waals surface area (Å²) in [6, 6.07) is 5.58. The third-order valence-electron chi connectivity index (χ3n) is 3.84. The summed E-state index contributed by atoms with van der Waals surface area (Å²) in [5.41, 5.74) is 0.951. The molecule has 19 heavy (non-hydrogen) atoms. The maximum absolute atomic E-state index is 11.2. The minimum Gasteiger partial charge on any atom is -0.481 e. The number of aliphatic carboxylic acids is 1. The molecule has 0 bridgehead atoms. The second-order valence-electron chi connectivity index (χ2n) is 5.01. The first-order valence-electron chi connectivity index (χ1n) is 6.40. The number of carbonyl (C=O) groups is 1. The summed E-state index contributed by atoms with van der Waals surface area (Å²) in [6.07, 6.45) is 1.65. The Kier molecular flexibility index (Phi) is 4.71. The molecule has 3 nitrogen and oxygen atoms in total. The van der Waals surface area contributed by atoms with E-state index in [1.165, 1.54) is 0 Å². The lowest BCUT2D eigenvalue weighted by molar-refractivity contribution is -0.145. The number of benzene rings is 1. The first kappa shape index (κ1) is 14.6. The van der Waals surface area contributed by atoms with Crippen LogP contribution >= 0.6 is 23.2 Å². The zero-order valence-electron chi connectivity index (χ0n) is 10.8. The normalized spacial score (nSPS) is 24.4. The van der Waals surface area contributed by atoms with Gasteiger partial charge in [-0.1, -0.05) is 35.3 Å². The molecule has 1 heterocycles. The summed E-state index contributed by atoms with van der Waals surface area (Å²) < 4.78 is 0. The molecule has 104 valence electrons. The fraction of sp³-hybridized carbons (Fsp3) is 0.500. The van der Waals surface area contributed by atoms with Crippen molar-refractivity contribution in [3.63, 3.8) is 0 Å². The SMILES string of the molecule is C[C@@H]1[C@H](C(=O)O)CCCN1Cc1cccc(Cl)c1Cl. The van der Waals surface area contributed by atoms with Gasteiger partial charge in [0.2, 0.25) is 0 Å². The molecule has 1 aromatic carbocycles. The highest BCUT2D eigenvalue weighted by atomic mass is 35.5. The minimum atomic E-state index is -0.714. The molecular weight excluding hydrogens is 285 g/mol. The number of nitrogens with zero attached hydrogens (tertiary/aromatic N) is 1. The van der Waals surface area contributed by atoms with Crippen molar-refractivity contribution >= 4 is 29.2 Å². The van der Waals surface area contributed by atoms with Crippen LogP contribution in [-0.2, 0) is 11.3 Å². The van der Waals surface area contributed by atoms with Gasteiger partial charge in [0.05, 0.1) is 16.0 Å². The highest BCUT2D eigenvalue weighted by Gasteiger charge is 2.32. The Labute approximate surface area is 123 Å². The van der Waals surface area contributed by atoms with Crippen molar-refractivity contribution < 1.29 is 9.90 Å². The molecule has 0 aliphatic carbocycles. The number of hydrogen-bond acceptors (Lipinski definition) is 2. The van der Waals surface area contributed by atoms with Crippen molar-refractivity contribution in [1.82, 2.24) is 4.90 Å². The number of carboxylic acid groups (broad SMARTS) is 1. The van der Waals surface area contributed by atoms with Gasteiger partial charge >= 0.3 is 5.97 Å². The third-order valence-corrected chi connectivity index (χ3v) is 4.70. The molecule has 1 saturated heterocycles. The molecule has 0 amide bonds. The van der Waals surface area contributed by atoms with Gasteiger partial charge in [-0.05, 0) is 37.9 Å². The molecular formula is C14H17Cl2NO2. The van der Waals surface area contributed by atoms with Crippen molar-refractivity contribution in [2.24, 2.45) is 5.92 Å². The fourth-order valence-electron chi connectivity index (χ4n) is 2.66. The molecule has 0 saturated carbocycles. The molecule has 0 unspecified atom stereocenters. The molecule has 1 aliphatic rings. The summed E-state index contributed by atoms with van der Waals surface area (Å²) in [5.74, 6) is -1.01. The van der Waals surface area contributed by atoms with Crippen LogP contribution in [0.25, 0.3) is 0 Å². The summed E-state index contributed by atoms with van der Waals surface area (Å²) in [4.78, 5) is 13.4. The number of likely N-dealkylation sites (tertiary alicyclic amines) is 1. The van der Waals surface area contributed by atoms with Crippen LogP contribution in [0, 0.1) is 5.92 Å². The molecule has 2 atom stereocenters. The van der Waals surface area contributed by atoms with Gasteiger partial charge < -0.3 is 5.11 Å². The highest BCUT2D eigenvalue weighted by molar-refractivity contribution is 6.42. The van der Waals surface area contributed by atoms with Crippen LogP contribution in [0.2, 0.25) is 10.0 Å². The summed E-state index contributed by atoms with van der Waals surface area (Å²) in [5, 5.41) is 10.3. The van der Waals surface area contributed by atoms with Crippen LogP contribution in [-0.4, -0.2) is 28.6 Å². The van der Waals surface area contributed by atoms with E-state index in [4.69, 9.17) is 23.2 Å². The van der Waals surface area contributed by atoms with E-state index in [9.17, 15) is 9.90 Å². The van der Waals surface area contributed by atoms with Crippen molar-refractivity contribution in [2.45, 2.75) is 32.4 Å². The number of hydrogen-bond donors (Lipinski definition) is 1. The highest BCUT2D eigenvalue weighted by Crippen LogP contribution is 2.30. The molecule has 1 aliphatic heterocycles. The van der Waals surface area contributed by atoms with Crippen LogP contribution < -0.4 is 0 Å². The second kappa shape index (κ2) is 6.12. The van der Waals surface area contributed by atoms with Crippen molar-refractivity contribution in [3.8, 4) is 0 Å². The van der Waals surface area contributed by atoms with Crippen LogP contribution in [0.5, 0.6) is 0 Å². The third kappa shape index (κ3) is 3.22. The Hall–Kier alpha value is -0.770. The largest absolute Gasteiger partial charge is 0.481 e. The Morgan fingerprint density at radius 3 is 2.89 bits per heavy atom. The Morgan fingerprint density at radius 1 is 1.47 bits per heavy atom. The molecule has 1 fully saturated rings. The summed E-state index contributed by atoms with van der Waals surface area (Å²) in [7, 11) is 0. The smallest absolute Gasteiger partial charge is 0.308 e. The van der Waals surface area contributed by atoms with Gasteiger partial charge in [0.25, 0.3) is 0 Å². The Morgan fingerprint density at radius 2 is 2.21 bits per heavy atom. The van der Waals surface area contributed by atoms with Crippen molar-refractivity contribution in [3.05, 3.63) is 33.8 Å². The lowest BCUT2D eigenvalue weighted by Crippen LogP contribution is -2.45. The lowest BCUT2D eigenvalue weighted by Gasteiger charge is -2.37. The average molecular weight is 302 g/mol. The van der Waals surface area contributed by atoms with Crippen LogP contribution in [0.4, 0.5) is 0 Å². The van der Waals surface area contributed by atoms with Gasteiger partial charge in [-0.2, -0.15) is 0 Å². The van der Waals surface area contributed by atoms with Gasteiger partial charge in [-0.15, -0.1) is 0 Å². The number of carboxylic acids is 1. The van der Waals surface area contributed by atoms with Crippen LogP contribution in [0.3, 0.4) is 0 Å². The number of halogens is 2. The van der Waals surface area contributed by atoms with Crippen LogP contribution in [0.15, 0.2) is 18.2 Å². The summed E-state index contributed by atoms with van der Waals surface area (Å²) in [6.45, 7) is 3.51. The van der Waals surface area contributed by atoms with Gasteiger partial charge in [-0.3, -0.25) is 9.69 Å². The molecule has 2 rings (SSSR count). The average Bonchev–Trinajstić information content (AvgIpc) is 2.37. The number of piperidine rings is 1. The van der Waals surface area contributed by atoms with Gasteiger partial charge in [0, 0.05) is 12.6 Å². The van der Waals surface area contributed by atoms with E-state index >= 15 is 0 Å². The van der Waals surface area contributed by atoms with Gasteiger partial charge in [-0.25, -0.2) is 0 Å². The van der Waals surface area contributed by atoms with Crippen molar-refractivity contribution in [1.29, 1.82) is 0 Å². The quantitative estimate of drug-likeness (QED) is 0.926. The first-order valence-corrected chi connectivity index (χ1v) is 7.16. The fourth-order valence-corrected chi connectivity index (χ4v) is 3.04. The second-order valence-corrected chi connectivity index (χ2v) is 5.80. The van der Waals surface area contributed by atoms with Crippen LogP contribution in [0.1, 0.15) is 25.3 Å². The van der Waals surface area contributed by atoms with E-state index in [-0.39, 0.29) is 12.0 Å². The minimum absolute atomic E-state index is 0.0151. The standard InChI is InChI=1S/C14H17Cl2NO2/c1-9-11(14(18)19)5-3-7-17(9)8-10-4-2-6-12(15)13(10)16/h2,4,6,9,11H,3,5,7-8H2,1H3,(H,18,19)/t9-,11-/m1/s1. The Balaban J connectivity index is 2.14. The maximum Gasteiger partial charge on any atom is 0.308 e. The molecule has 1 N–H and O–H groups in total. The summed E-state index contributed by atoms with van der Waals surface area (Å²) >= 11 is 12.2. The molecule has 0 aromatic heterocycles. The monoisotopic (exact) mass is 301 g/mol. The zero-order chi connectivity index (χ0) is 14.0. The van der Waals surface area contributed by atoms with E-state index in [0.29, 0.717) is 16.6 Å². The molecule has 5 heteroatoms. The zero-order valence-corrected chi connectivity index (χ0v) is 12.3. The predicted molar refractivity (Wildman–Crippen MR) is 76.7 cm³/mol. The number of rotatable bonds is 3. The molecule has 0 spiro atoms. The van der Waals surface area contributed by atoms with Gasteiger partial charge in [0.15, 0.2) is 0 Å². The van der Waals surface area contributed by atoms with Crippen molar-refractivity contribution in [2.75, 3.05) is 6.54 Å². The Bertz CT molecular complexity index is 479. The topological polar surface area (TPSA) is 40.5 Å². The molecule has 1 aromatic rings. The predicted octanol–water partition coefficient (Wildman–Crippen LogP) is 3.68. The van der Waals surface area contributed by atoms with E-state index in [1.54, 1.807) is 6.07 Å². The molecule has 0 radical (unpaired) electrons.